The number of guanidine groups is 1. The molecule has 1 aromatic carbocycles. The molecule has 1 saturated heterocycles. The second kappa shape index (κ2) is 15.4. The van der Waals surface area contributed by atoms with Crippen molar-refractivity contribution < 1.29 is 27.7 Å². The van der Waals surface area contributed by atoms with Crippen LogP contribution >= 0.6 is 24.0 Å². The maximum atomic E-state index is 12.5. The molecular formula is C20H32F2IN3O4. The van der Waals surface area contributed by atoms with Gasteiger partial charge in [-0.3, -0.25) is 4.99 Å². The highest BCUT2D eigenvalue weighted by atomic mass is 127. The molecule has 0 spiro atoms. The quantitative estimate of drug-likeness (QED) is 0.182. The third-order valence-corrected chi connectivity index (χ3v) is 4.29. The molecule has 30 heavy (non-hydrogen) atoms. The molecule has 2 N–H and O–H groups in total. The van der Waals surface area contributed by atoms with E-state index in [1.54, 1.807) is 26.1 Å². The summed E-state index contributed by atoms with van der Waals surface area (Å²) in [6.07, 6.45) is 3.29. The van der Waals surface area contributed by atoms with Crippen LogP contribution in [-0.4, -0.2) is 58.7 Å². The number of hydrogen-bond donors (Lipinski definition) is 2. The van der Waals surface area contributed by atoms with Crippen LogP contribution in [0.4, 0.5) is 8.78 Å². The highest BCUT2D eigenvalue weighted by Gasteiger charge is 2.15. The first-order valence-electron chi connectivity index (χ1n) is 9.96. The van der Waals surface area contributed by atoms with Gasteiger partial charge in [0.2, 0.25) is 0 Å². The lowest BCUT2D eigenvalue weighted by Gasteiger charge is -2.15. The maximum absolute atomic E-state index is 12.5. The molecule has 7 nitrogen and oxygen atoms in total. The van der Waals surface area contributed by atoms with Crippen LogP contribution in [0.25, 0.3) is 0 Å². The second-order valence-corrected chi connectivity index (χ2v) is 6.51. The summed E-state index contributed by atoms with van der Waals surface area (Å²) in [5.74, 6) is 0.963. The maximum Gasteiger partial charge on any atom is 0.387 e. The van der Waals surface area contributed by atoms with E-state index in [4.69, 9.17) is 14.2 Å². The van der Waals surface area contributed by atoms with Gasteiger partial charge in [0.25, 0.3) is 0 Å². The average molecular weight is 543 g/mol. The van der Waals surface area contributed by atoms with Gasteiger partial charge >= 0.3 is 6.61 Å². The first-order valence-corrected chi connectivity index (χ1v) is 9.96. The van der Waals surface area contributed by atoms with E-state index in [0.29, 0.717) is 38.1 Å². The number of hydrogen-bond acceptors (Lipinski definition) is 5. The summed E-state index contributed by atoms with van der Waals surface area (Å²) < 4.78 is 46.0. The fraction of sp³-hybridized carbons (Fsp3) is 0.650. The number of alkyl halides is 2. The zero-order valence-corrected chi connectivity index (χ0v) is 19.8. The number of aliphatic imine (C=N–C) groups is 1. The van der Waals surface area contributed by atoms with Crippen molar-refractivity contribution >= 4 is 29.9 Å². The van der Waals surface area contributed by atoms with Gasteiger partial charge in [-0.1, -0.05) is 6.07 Å². The summed E-state index contributed by atoms with van der Waals surface area (Å²) >= 11 is 0. The van der Waals surface area contributed by atoms with E-state index < -0.39 is 6.61 Å². The van der Waals surface area contributed by atoms with Crippen LogP contribution in [-0.2, 0) is 16.0 Å². The van der Waals surface area contributed by atoms with Crippen molar-refractivity contribution in [2.45, 2.75) is 45.4 Å². The number of benzene rings is 1. The molecule has 2 rings (SSSR count). The van der Waals surface area contributed by atoms with Gasteiger partial charge in [-0.15, -0.1) is 24.0 Å². The minimum Gasteiger partial charge on any atom is -0.490 e. The molecule has 1 aliphatic rings. The number of nitrogens with zero attached hydrogens (tertiary/aromatic N) is 1. The van der Waals surface area contributed by atoms with E-state index in [1.165, 1.54) is 6.07 Å². The zero-order chi connectivity index (χ0) is 20.9. The summed E-state index contributed by atoms with van der Waals surface area (Å²) in [4.78, 5) is 4.18. The zero-order valence-electron chi connectivity index (χ0n) is 17.5. The summed E-state index contributed by atoms with van der Waals surface area (Å²) in [6, 6.07) is 4.87. The van der Waals surface area contributed by atoms with Gasteiger partial charge in [0, 0.05) is 33.4 Å². The van der Waals surface area contributed by atoms with Crippen molar-refractivity contribution in [2.24, 2.45) is 4.99 Å². The molecule has 1 heterocycles. The lowest BCUT2D eigenvalue weighted by molar-refractivity contribution is -0.0514. The van der Waals surface area contributed by atoms with Gasteiger partial charge in [0.15, 0.2) is 17.5 Å². The molecule has 0 saturated carbocycles. The van der Waals surface area contributed by atoms with Crippen molar-refractivity contribution in [2.75, 3.05) is 40.0 Å². The smallest absolute Gasteiger partial charge is 0.387 e. The molecule has 0 amide bonds. The number of nitrogens with one attached hydrogen (secondary N) is 2. The molecule has 1 fully saturated rings. The molecule has 1 atom stereocenters. The van der Waals surface area contributed by atoms with E-state index in [2.05, 4.69) is 20.4 Å². The Bertz CT molecular complexity index is 632. The third-order valence-electron chi connectivity index (χ3n) is 4.29. The molecule has 1 unspecified atom stereocenters. The minimum absolute atomic E-state index is 0. The Morgan fingerprint density at radius 2 is 2.13 bits per heavy atom. The Hall–Kier alpha value is -1.40. The Labute approximate surface area is 193 Å². The van der Waals surface area contributed by atoms with Gasteiger partial charge in [0.1, 0.15) is 0 Å². The predicted octanol–water partition coefficient (Wildman–Crippen LogP) is 3.56. The standard InChI is InChI=1S/C20H31F2N3O4.HI/c1-3-27-18-12-15(7-8-17(18)29-19(21)22)13-25-20(23-2)24-9-5-10-26-14-16-6-4-11-28-16;/h7-8,12,16,19H,3-6,9-11,13-14H2,1-2H3,(H2,23,24,25);1H. The molecule has 0 aromatic heterocycles. The van der Waals surface area contributed by atoms with Crippen molar-refractivity contribution in [1.82, 2.24) is 10.6 Å². The summed E-state index contributed by atoms with van der Waals surface area (Å²) in [5, 5.41) is 6.40. The summed E-state index contributed by atoms with van der Waals surface area (Å²) in [5.41, 5.74) is 0.859. The van der Waals surface area contributed by atoms with Gasteiger partial charge in [0.05, 0.1) is 19.3 Å². The van der Waals surface area contributed by atoms with E-state index in [1.807, 2.05) is 0 Å². The fourth-order valence-corrected chi connectivity index (χ4v) is 2.90. The molecule has 1 aromatic rings. The highest BCUT2D eigenvalue weighted by molar-refractivity contribution is 14.0. The van der Waals surface area contributed by atoms with Crippen molar-refractivity contribution in [3.05, 3.63) is 23.8 Å². The van der Waals surface area contributed by atoms with Crippen LogP contribution in [0, 0.1) is 0 Å². The summed E-state index contributed by atoms with van der Waals surface area (Å²) in [6.45, 7) is 2.58. The Kier molecular flexibility index (Phi) is 13.7. The van der Waals surface area contributed by atoms with E-state index in [0.717, 1.165) is 38.0 Å². The van der Waals surface area contributed by atoms with Crippen molar-refractivity contribution in [1.29, 1.82) is 0 Å². The van der Waals surface area contributed by atoms with Crippen LogP contribution < -0.4 is 20.1 Å². The monoisotopic (exact) mass is 543 g/mol. The topological polar surface area (TPSA) is 73.3 Å². The Morgan fingerprint density at radius 3 is 2.80 bits per heavy atom. The van der Waals surface area contributed by atoms with Crippen molar-refractivity contribution in [3.63, 3.8) is 0 Å². The van der Waals surface area contributed by atoms with Gasteiger partial charge in [-0.05, 0) is 43.9 Å². The molecule has 172 valence electrons. The minimum atomic E-state index is -2.89. The molecule has 1 aliphatic heterocycles. The molecular weight excluding hydrogens is 511 g/mol. The molecule has 10 heteroatoms. The van der Waals surface area contributed by atoms with Gasteiger partial charge in [-0.25, -0.2) is 0 Å². The largest absolute Gasteiger partial charge is 0.490 e. The van der Waals surface area contributed by atoms with Gasteiger partial charge < -0.3 is 29.6 Å². The van der Waals surface area contributed by atoms with E-state index in [9.17, 15) is 8.78 Å². The van der Waals surface area contributed by atoms with Gasteiger partial charge in [-0.2, -0.15) is 8.78 Å². The van der Waals surface area contributed by atoms with Crippen LogP contribution in [0.2, 0.25) is 0 Å². The first-order chi connectivity index (χ1) is 14.1. The summed E-state index contributed by atoms with van der Waals surface area (Å²) in [7, 11) is 1.69. The van der Waals surface area contributed by atoms with Crippen LogP contribution in [0.1, 0.15) is 31.7 Å². The first kappa shape index (κ1) is 26.6. The highest BCUT2D eigenvalue weighted by Crippen LogP contribution is 2.29. The molecule has 0 bridgehead atoms. The van der Waals surface area contributed by atoms with Crippen molar-refractivity contribution in [3.8, 4) is 11.5 Å². The SMILES string of the molecule is CCOc1cc(CNC(=NC)NCCCOCC2CCCO2)ccc1OC(F)F.I. The van der Waals surface area contributed by atoms with E-state index in [-0.39, 0.29) is 35.8 Å². The van der Waals surface area contributed by atoms with Crippen LogP contribution in [0.15, 0.2) is 23.2 Å². The Morgan fingerprint density at radius 1 is 1.30 bits per heavy atom. The fourth-order valence-electron chi connectivity index (χ4n) is 2.90. The third kappa shape index (κ3) is 10.1. The lowest BCUT2D eigenvalue weighted by Crippen LogP contribution is -2.37. The number of rotatable bonds is 12. The van der Waals surface area contributed by atoms with Crippen LogP contribution in [0.3, 0.4) is 0 Å². The second-order valence-electron chi connectivity index (χ2n) is 6.51. The average Bonchev–Trinajstić information content (AvgIpc) is 3.22. The number of ether oxygens (including phenoxy) is 4. The molecule has 0 radical (unpaired) electrons. The lowest BCUT2D eigenvalue weighted by atomic mass is 10.2. The predicted molar refractivity (Wildman–Crippen MR) is 122 cm³/mol. The normalized spacial score (nSPS) is 16.3. The number of halogens is 3. The Balaban J connectivity index is 0.00000450. The van der Waals surface area contributed by atoms with Crippen LogP contribution in [0.5, 0.6) is 11.5 Å². The van der Waals surface area contributed by atoms with E-state index >= 15 is 0 Å². The molecule has 0 aliphatic carbocycles.